The van der Waals surface area contributed by atoms with Crippen LogP contribution in [-0.2, 0) is 4.79 Å². The van der Waals surface area contributed by atoms with Crippen LogP contribution in [0.15, 0.2) is 76.6 Å². The van der Waals surface area contributed by atoms with E-state index in [1.54, 1.807) is 23.5 Å². The van der Waals surface area contributed by atoms with Gasteiger partial charge in [0.05, 0.1) is 11.8 Å². The largest absolute Gasteiger partial charge is 0.353 e. The summed E-state index contributed by atoms with van der Waals surface area (Å²) in [5.41, 5.74) is 2.80. The van der Waals surface area contributed by atoms with Gasteiger partial charge in [-0.05, 0) is 72.9 Å². The third kappa shape index (κ3) is 5.68. The second kappa shape index (κ2) is 10.7. The Balaban J connectivity index is 1.49. The van der Waals surface area contributed by atoms with Crippen LogP contribution in [0.2, 0.25) is 0 Å². The van der Waals surface area contributed by atoms with Crippen LogP contribution in [0.1, 0.15) is 11.6 Å². The van der Waals surface area contributed by atoms with E-state index in [2.05, 4.69) is 31.9 Å². The summed E-state index contributed by atoms with van der Waals surface area (Å²) >= 11 is 2.96. The van der Waals surface area contributed by atoms with E-state index in [0.29, 0.717) is 17.5 Å². The van der Waals surface area contributed by atoms with Crippen LogP contribution in [0.4, 0.5) is 4.39 Å². The van der Waals surface area contributed by atoms with Crippen molar-refractivity contribution in [3.8, 4) is 17.1 Å². The normalized spacial score (nSPS) is 12.1. The van der Waals surface area contributed by atoms with Gasteiger partial charge in [0, 0.05) is 17.8 Å². The molecule has 0 radical (unpaired) electrons. The van der Waals surface area contributed by atoms with Gasteiger partial charge in [0.15, 0.2) is 11.0 Å². The highest BCUT2D eigenvalue weighted by atomic mass is 32.2. The Morgan fingerprint density at radius 1 is 1.12 bits per heavy atom. The predicted octanol–water partition coefficient (Wildman–Crippen LogP) is 4.65. The van der Waals surface area contributed by atoms with Crippen LogP contribution in [-0.4, -0.2) is 52.0 Å². The maximum absolute atomic E-state index is 13.4. The molecular formula is C24H24FN5OS2. The fraction of sp³-hybridized carbons (Fsp3) is 0.208. The number of hydrogen-bond donors (Lipinski definition) is 1. The highest BCUT2D eigenvalue weighted by Gasteiger charge is 2.19. The summed E-state index contributed by atoms with van der Waals surface area (Å²) in [5.74, 6) is 0.412. The molecular weight excluding hydrogens is 457 g/mol. The Morgan fingerprint density at radius 2 is 1.88 bits per heavy atom. The number of thioether (sulfide) groups is 1. The van der Waals surface area contributed by atoms with Crippen LogP contribution in [0.25, 0.3) is 17.1 Å². The molecule has 0 bridgehead atoms. The van der Waals surface area contributed by atoms with Gasteiger partial charge in [-0.25, -0.2) is 4.39 Å². The van der Waals surface area contributed by atoms with Crippen molar-refractivity contribution < 1.29 is 9.18 Å². The fourth-order valence-electron chi connectivity index (χ4n) is 3.41. The standard InChI is InChI=1S/C24H24FN5OS2/c1-29(2)21(18-12-13-32-15-18)14-26-22(31)16-33-24-28-27-23(17-8-10-19(25)11-9-17)30(24)20-6-4-3-5-7-20/h3-13,15,21H,14,16H2,1-2H3,(H,26,31). The Labute approximate surface area is 200 Å². The predicted molar refractivity (Wildman–Crippen MR) is 131 cm³/mol. The van der Waals surface area contributed by atoms with Crippen LogP contribution in [0, 0.1) is 5.82 Å². The number of carbonyl (C=O) groups excluding carboxylic acids is 1. The molecule has 0 fully saturated rings. The van der Waals surface area contributed by atoms with Crippen molar-refractivity contribution in [2.45, 2.75) is 11.2 Å². The number of para-hydroxylation sites is 1. The quantitative estimate of drug-likeness (QED) is 0.353. The molecule has 0 aliphatic heterocycles. The number of benzene rings is 2. The first kappa shape index (κ1) is 23.2. The molecule has 4 aromatic rings. The van der Waals surface area contributed by atoms with Crippen LogP contribution >= 0.6 is 23.1 Å². The van der Waals surface area contributed by atoms with Gasteiger partial charge in [0.2, 0.25) is 5.91 Å². The van der Waals surface area contributed by atoms with Crippen molar-refractivity contribution in [2.75, 3.05) is 26.4 Å². The van der Waals surface area contributed by atoms with E-state index in [9.17, 15) is 9.18 Å². The lowest BCUT2D eigenvalue weighted by Crippen LogP contribution is -2.35. The van der Waals surface area contributed by atoms with Gasteiger partial charge in [-0.1, -0.05) is 30.0 Å². The van der Waals surface area contributed by atoms with Gasteiger partial charge in [-0.15, -0.1) is 10.2 Å². The number of rotatable bonds is 9. The van der Waals surface area contributed by atoms with Gasteiger partial charge in [-0.3, -0.25) is 9.36 Å². The van der Waals surface area contributed by atoms with Crippen LogP contribution in [0.3, 0.4) is 0 Å². The molecule has 1 amide bonds. The second-order valence-corrected chi connectivity index (χ2v) is 9.34. The summed E-state index contributed by atoms with van der Waals surface area (Å²) in [6.45, 7) is 0.523. The number of nitrogens with zero attached hydrogens (tertiary/aromatic N) is 4. The molecule has 1 atom stereocenters. The minimum Gasteiger partial charge on any atom is -0.353 e. The smallest absolute Gasteiger partial charge is 0.230 e. The lowest BCUT2D eigenvalue weighted by atomic mass is 10.1. The van der Waals surface area contributed by atoms with E-state index in [4.69, 9.17) is 0 Å². The molecule has 0 aliphatic rings. The number of carbonyl (C=O) groups is 1. The van der Waals surface area contributed by atoms with Crippen molar-refractivity contribution in [2.24, 2.45) is 0 Å². The first-order chi connectivity index (χ1) is 16.0. The zero-order valence-electron chi connectivity index (χ0n) is 18.3. The molecule has 2 heterocycles. The number of nitrogens with one attached hydrogen (secondary N) is 1. The lowest BCUT2D eigenvalue weighted by molar-refractivity contribution is -0.118. The summed E-state index contributed by atoms with van der Waals surface area (Å²) in [6, 6.07) is 18.0. The number of halogens is 1. The SMILES string of the molecule is CN(C)C(CNC(=O)CSc1nnc(-c2ccc(F)cc2)n1-c1ccccc1)c1ccsc1. The molecule has 4 rings (SSSR count). The van der Waals surface area contributed by atoms with Crippen LogP contribution < -0.4 is 5.32 Å². The Bertz CT molecular complexity index is 1180. The maximum atomic E-state index is 13.4. The number of thiophene rings is 1. The molecule has 1 N–H and O–H groups in total. The van der Waals surface area contributed by atoms with E-state index < -0.39 is 0 Å². The van der Waals surface area contributed by atoms with Gasteiger partial charge >= 0.3 is 0 Å². The number of likely N-dealkylation sites (N-methyl/N-ethyl adjacent to an activating group) is 1. The van der Waals surface area contributed by atoms with E-state index in [1.807, 2.05) is 54.4 Å². The topological polar surface area (TPSA) is 63.1 Å². The lowest BCUT2D eigenvalue weighted by Gasteiger charge is -2.24. The number of amides is 1. The van der Waals surface area contributed by atoms with E-state index >= 15 is 0 Å². The zero-order chi connectivity index (χ0) is 23.2. The minimum absolute atomic E-state index is 0.0759. The highest BCUT2D eigenvalue weighted by molar-refractivity contribution is 7.99. The molecule has 9 heteroatoms. The summed E-state index contributed by atoms with van der Waals surface area (Å²) in [7, 11) is 4.01. The summed E-state index contributed by atoms with van der Waals surface area (Å²) in [6.07, 6.45) is 0. The summed E-state index contributed by atoms with van der Waals surface area (Å²) in [4.78, 5) is 14.7. The van der Waals surface area contributed by atoms with Crippen LogP contribution in [0.5, 0.6) is 0 Å². The molecule has 0 spiro atoms. The van der Waals surface area contributed by atoms with Gasteiger partial charge in [0.1, 0.15) is 5.82 Å². The van der Waals surface area contributed by atoms with Gasteiger partial charge in [-0.2, -0.15) is 11.3 Å². The molecule has 170 valence electrons. The van der Waals surface area contributed by atoms with Crippen molar-refractivity contribution in [3.05, 3.63) is 82.8 Å². The fourth-order valence-corrected chi connectivity index (χ4v) is 4.90. The highest BCUT2D eigenvalue weighted by Crippen LogP contribution is 2.28. The third-order valence-electron chi connectivity index (χ3n) is 5.13. The van der Waals surface area contributed by atoms with E-state index in [-0.39, 0.29) is 23.5 Å². The third-order valence-corrected chi connectivity index (χ3v) is 6.76. The monoisotopic (exact) mass is 481 g/mol. The molecule has 6 nitrogen and oxygen atoms in total. The molecule has 2 aromatic heterocycles. The average Bonchev–Trinajstić information content (AvgIpc) is 3.49. The second-order valence-electron chi connectivity index (χ2n) is 7.61. The Hall–Kier alpha value is -3.01. The van der Waals surface area contributed by atoms with Gasteiger partial charge < -0.3 is 10.2 Å². The number of hydrogen-bond acceptors (Lipinski definition) is 6. The first-order valence-electron chi connectivity index (χ1n) is 10.4. The molecule has 0 aliphatic carbocycles. The average molecular weight is 482 g/mol. The van der Waals surface area contributed by atoms with Crippen molar-refractivity contribution in [1.29, 1.82) is 0 Å². The van der Waals surface area contributed by atoms with E-state index in [1.165, 1.54) is 29.5 Å². The molecule has 33 heavy (non-hydrogen) atoms. The first-order valence-corrected chi connectivity index (χ1v) is 12.3. The number of aromatic nitrogens is 3. The zero-order valence-corrected chi connectivity index (χ0v) is 19.9. The molecule has 0 saturated carbocycles. The van der Waals surface area contributed by atoms with E-state index in [0.717, 1.165) is 11.3 Å². The van der Waals surface area contributed by atoms with Crippen molar-refractivity contribution in [3.63, 3.8) is 0 Å². The molecule has 2 aromatic carbocycles. The summed E-state index contributed by atoms with van der Waals surface area (Å²) < 4.78 is 15.3. The minimum atomic E-state index is -0.311. The maximum Gasteiger partial charge on any atom is 0.230 e. The Morgan fingerprint density at radius 3 is 2.55 bits per heavy atom. The van der Waals surface area contributed by atoms with Crippen molar-refractivity contribution in [1.82, 2.24) is 25.0 Å². The van der Waals surface area contributed by atoms with Crippen molar-refractivity contribution >= 4 is 29.0 Å². The van der Waals surface area contributed by atoms with Gasteiger partial charge in [0.25, 0.3) is 0 Å². The summed E-state index contributed by atoms with van der Waals surface area (Å²) in [5, 5.41) is 16.4. The molecule has 0 saturated heterocycles. The molecule has 1 unspecified atom stereocenters. The Kier molecular flexibility index (Phi) is 7.54.